The van der Waals surface area contributed by atoms with Crippen LogP contribution in [-0.4, -0.2) is 99.6 Å². The first-order valence-corrected chi connectivity index (χ1v) is 32.2. The van der Waals surface area contributed by atoms with E-state index in [0.717, 1.165) is 116 Å². The Kier molecular flexibility index (Phi) is 52.5. The van der Waals surface area contributed by atoms with Gasteiger partial charge in [0.15, 0.2) is 12.4 Å². The fourth-order valence-electron chi connectivity index (χ4n) is 9.12. The summed E-state index contributed by atoms with van der Waals surface area (Å²) in [6.07, 6.45) is 71.6. The van der Waals surface area contributed by atoms with Gasteiger partial charge in [0.2, 0.25) is 5.91 Å². The van der Waals surface area contributed by atoms with Gasteiger partial charge >= 0.3 is 5.97 Å². The number of aliphatic hydroxyl groups excluding tert-OH is 5. The second-order valence-corrected chi connectivity index (χ2v) is 21.5. The Hall–Kier alpha value is -4.46. The molecular weight excluding hydrogens is 1030 g/mol. The van der Waals surface area contributed by atoms with Gasteiger partial charge in [0, 0.05) is 6.42 Å². The Balaban J connectivity index is 2.68. The van der Waals surface area contributed by atoms with Crippen LogP contribution in [0.4, 0.5) is 0 Å². The zero-order valence-corrected chi connectivity index (χ0v) is 51.3. The van der Waals surface area contributed by atoms with Crippen LogP contribution in [0.15, 0.2) is 146 Å². The molecule has 1 amide bonds. The molecule has 0 aromatic carbocycles. The molecule has 0 aromatic rings. The number of allylic oxidation sites excluding steroid dienone is 23. The van der Waals surface area contributed by atoms with Gasteiger partial charge in [-0.25, -0.2) is 0 Å². The van der Waals surface area contributed by atoms with E-state index < -0.39 is 67.4 Å². The van der Waals surface area contributed by atoms with Crippen molar-refractivity contribution in [2.75, 3.05) is 13.2 Å². The minimum Gasteiger partial charge on any atom is -0.454 e. The number of carbonyl (C=O) groups is 2. The van der Waals surface area contributed by atoms with Crippen molar-refractivity contribution in [3.63, 3.8) is 0 Å². The number of unbranched alkanes of at least 4 members (excludes halogenated alkanes) is 21. The summed E-state index contributed by atoms with van der Waals surface area (Å²) in [6.45, 7) is 5.49. The summed E-state index contributed by atoms with van der Waals surface area (Å²) in [5.41, 5.74) is 0. The number of carbonyl (C=O) groups excluding carboxylic acids is 2. The van der Waals surface area contributed by atoms with Crippen LogP contribution >= 0.6 is 0 Å². The van der Waals surface area contributed by atoms with Gasteiger partial charge < -0.3 is 45.1 Å². The minimum absolute atomic E-state index is 0.0631. The number of ether oxygens (including phenoxy) is 3. The molecule has 0 saturated carbocycles. The number of esters is 1. The summed E-state index contributed by atoms with van der Waals surface area (Å²) in [6, 6.07) is -1.05. The molecule has 1 saturated heterocycles. The lowest BCUT2D eigenvalue weighted by Gasteiger charge is -2.41. The number of aliphatic hydroxyl groups is 5. The summed E-state index contributed by atoms with van der Waals surface area (Å²) in [4.78, 5) is 26.6. The van der Waals surface area contributed by atoms with E-state index in [2.05, 4.69) is 99.0 Å². The van der Waals surface area contributed by atoms with Crippen molar-refractivity contribution < 1.29 is 49.3 Å². The minimum atomic E-state index is -1.64. The number of hydrogen-bond donors (Lipinski definition) is 6. The summed E-state index contributed by atoms with van der Waals surface area (Å²) in [5.74, 6) is -1.26. The molecule has 0 spiro atoms. The summed E-state index contributed by atoms with van der Waals surface area (Å²) >= 11 is 0. The van der Waals surface area contributed by atoms with Crippen molar-refractivity contribution >= 4 is 11.9 Å². The molecule has 0 radical (unpaired) electrons. The van der Waals surface area contributed by atoms with Crippen molar-refractivity contribution in [3.8, 4) is 0 Å². The van der Waals surface area contributed by atoms with Gasteiger partial charge in [-0.05, 0) is 89.9 Å². The lowest BCUT2D eigenvalue weighted by Crippen LogP contribution is -2.61. The quantitative estimate of drug-likeness (QED) is 0.0149. The van der Waals surface area contributed by atoms with Crippen LogP contribution < -0.4 is 5.32 Å². The SMILES string of the molecule is CC\C=C/C=C/C=C/C=C\C=C\C=C\CCCCCC(=O)OC1C(OCC(NC(=O)C(O)CCCCCCCCCC/C=C\C/C=C\C/C=C\C/C=C\C/C=C\CC)C(O)/C=C/CCCCCCCCCCCC)OC(CO)C(O)C1O. The van der Waals surface area contributed by atoms with Crippen molar-refractivity contribution in [1.29, 1.82) is 0 Å². The maximum Gasteiger partial charge on any atom is 0.306 e. The normalized spacial score (nSPS) is 19.6. The average Bonchev–Trinajstić information content (AvgIpc) is 3.60. The molecule has 11 nitrogen and oxygen atoms in total. The highest BCUT2D eigenvalue weighted by atomic mass is 16.7. The van der Waals surface area contributed by atoms with Crippen LogP contribution in [0.3, 0.4) is 0 Å². The zero-order chi connectivity index (χ0) is 59.6. The molecule has 0 aromatic heterocycles. The Morgan fingerprint density at radius 2 is 0.939 bits per heavy atom. The second-order valence-electron chi connectivity index (χ2n) is 21.5. The molecule has 0 aliphatic carbocycles. The fraction of sp³-hybridized carbons (Fsp3) is 0.634. The van der Waals surface area contributed by atoms with Crippen LogP contribution in [0.2, 0.25) is 0 Å². The van der Waals surface area contributed by atoms with Gasteiger partial charge in [-0.1, -0.05) is 276 Å². The first-order valence-electron chi connectivity index (χ1n) is 32.2. The molecule has 1 aliphatic rings. The molecule has 464 valence electrons. The van der Waals surface area contributed by atoms with E-state index in [4.69, 9.17) is 14.2 Å². The van der Waals surface area contributed by atoms with E-state index in [0.29, 0.717) is 12.8 Å². The van der Waals surface area contributed by atoms with E-state index in [-0.39, 0.29) is 19.4 Å². The molecule has 6 N–H and O–H groups in total. The van der Waals surface area contributed by atoms with E-state index >= 15 is 0 Å². The number of nitrogens with one attached hydrogen (secondary N) is 1. The molecule has 0 bridgehead atoms. The Labute approximate surface area is 498 Å². The smallest absolute Gasteiger partial charge is 0.306 e. The van der Waals surface area contributed by atoms with Crippen LogP contribution in [0.1, 0.15) is 226 Å². The molecule has 1 heterocycles. The maximum absolute atomic E-state index is 13.5. The fourth-order valence-corrected chi connectivity index (χ4v) is 9.12. The topological polar surface area (TPSA) is 175 Å². The predicted octanol–water partition coefficient (Wildman–Crippen LogP) is 15.8. The predicted molar refractivity (Wildman–Crippen MR) is 342 cm³/mol. The number of hydrogen-bond acceptors (Lipinski definition) is 10. The van der Waals surface area contributed by atoms with Crippen LogP contribution in [0, 0.1) is 0 Å². The third-order valence-corrected chi connectivity index (χ3v) is 14.1. The third kappa shape index (κ3) is 44.1. The summed E-state index contributed by atoms with van der Waals surface area (Å²) in [7, 11) is 0. The van der Waals surface area contributed by atoms with Crippen molar-refractivity contribution in [2.45, 2.75) is 275 Å². The van der Waals surface area contributed by atoms with Crippen LogP contribution in [-0.2, 0) is 23.8 Å². The Morgan fingerprint density at radius 1 is 0.500 bits per heavy atom. The Morgan fingerprint density at radius 3 is 1.46 bits per heavy atom. The monoisotopic (exact) mass is 1140 g/mol. The number of amides is 1. The first kappa shape index (κ1) is 75.6. The third-order valence-electron chi connectivity index (χ3n) is 14.1. The van der Waals surface area contributed by atoms with Crippen LogP contribution in [0.25, 0.3) is 0 Å². The number of rotatable bonds is 52. The standard InChI is InChI=1S/C71H115NO10/c1-4-7-10-13-16-19-22-25-27-29-30-31-32-33-34-35-37-38-40-43-46-49-52-55-58-64(75)70(79)72-62(63(74)57-54-51-48-45-42-24-21-18-15-12-9-6-3)61-80-71-69(68(78)67(77)65(60-73)81-71)82-66(76)59-56-53-50-47-44-41-39-36-28-26-23-20-17-14-11-8-5-2/h7-8,10-11,14,16-17,19-20,23,25-28,30-31,33-34,36,39,41,44,54,57,62-65,67-69,71,73-75,77-78H,4-6,9,12-13,15,18,21-22,24,29,32,35,37-38,40,42-43,45-53,55-56,58-61H2,1-3H3,(H,72,79)/b10-7-,11-8-,17-14+,19-16-,23-20+,27-25-,28-26-,31-30-,34-33-,39-36+,44-41+,57-54+. The Bertz CT molecular complexity index is 1890. The highest BCUT2D eigenvalue weighted by Gasteiger charge is 2.47. The molecule has 82 heavy (non-hydrogen) atoms. The molecule has 8 unspecified atom stereocenters. The first-order chi connectivity index (χ1) is 40.2. The molecule has 11 heteroatoms. The molecular formula is C71H115NO10. The van der Waals surface area contributed by atoms with Gasteiger partial charge in [-0.3, -0.25) is 9.59 Å². The molecule has 8 atom stereocenters. The van der Waals surface area contributed by atoms with Gasteiger partial charge in [-0.15, -0.1) is 0 Å². The van der Waals surface area contributed by atoms with Gasteiger partial charge in [0.05, 0.1) is 25.4 Å². The van der Waals surface area contributed by atoms with Crippen molar-refractivity contribution in [1.82, 2.24) is 5.32 Å². The van der Waals surface area contributed by atoms with Gasteiger partial charge in [0.1, 0.15) is 24.4 Å². The van der Waals surface area contributed by atoms with Gasteiger partial charge in [0.25, 0.3) is 0 Å². The van der Waals surface area contributed by atoms with Gasteiger partial charge in [-0.2, -0.15) is 0 Å². The van der Waals surface area contributed by atoms with E-state index in [1.807, 2.05) is 66.8 Å². The van der Waals surface area contributed by atoms with Crippen molar-refractivity contribution in [2.24, 2.45) is 0 Å². The molecule has 1 rings (SSSR count). The zero-order valence-electron chi connectivity index (χ0n) is 51.3. The maximum atomic E-state index is 13.5. The summed E-state index contributed by atoms with van der Waals surface area (Å²) in [5, 5.41) is 57.0. The van der Waals surface area contributed by atoms with E-state index in [1.54, 1.807) is 6.08 Å². The van der Waals surface area contributed by atoms with E-state index in [9.17, 15) is 35.1 Å². The largest absolute Gasteiger partial charge is 0.454 e. The van der Waals surface area contributed by atoms with E-state index in [1.165, 1.54) is 64.2 Å². The van der Waals surface area contributed by atoms with Crippen molar-refractivity contribution in [3.05, 3.63) is 146 Å². The molecule has 1 fully saturated rings. The molecule has 1 aliphatic heterocycles. The highest BCUT2D eigenvalue weighted by Crippen LogP contribution is 2.26. The van der Waals surface area contributed by atoms with Crippen LogP contribution in [0.5, 0.6) is 0 Å². The average molecular weight is 1140 g/mol. The second kappa shape index (κ2) is 57.0. The lowest BCUT2D eigenvalue weighted by molar-refractivity contribution is -0.305. The highest BCUT2D eigenvalue weighted by molar-refractivity contribution is 5.80. The summed E-state index contributed by atoms with van der Waals surface area (Å²) < 4.78 is 17.6. The lowest BCUT2D eigenvalue weighted by atomic mass is 9.99.